The molecule has 3 aromatic rings. The molecule has 0 bridgehead atoms. The Bertz CT molecular complexity index is 1110. The van der Waals surface area contributed by atoms with Crippen molar-refractivity contribution >= 4 is 12.2 Å². The summed E-state index contributed by atoms with van der Waals surface area (Å²) in [5, 5.41) is 17.5. The second kappa shape index (κ2) is 9.14. The van der Waals surface area contributed by atoms with Gasteiger partial charge in [0.15, 0.2) is 22.1 Å². The predicted octanol–water partition coefficient (Wildman–Crippen LogP) is 5.81. The van der Waals surface area contributed by atoms with Crippen molar-refractivity contribution in [1.29, 1.82) is 0 Å². The van der Waals surface area contributed by atoms with E-state index in [1.807, 2.05) is 34.9 Å². The Hall–Kier alpha value is -2.80. The second-order valence-electron chi connectivity index (χ2n) is 8.38. The number of nitrogens with one attached hydrogen (secondary N) is 1. The van der Waals surface area contributed by atoms with Crippen LogP contribution in [0.3, 0.4) is 0 Å². The Morgan fingerprint density at radius 3 is 2.65 bits per heavy atom. The van der Waals surface area contributed by atoms with Crippen LogP contribution in [-0.4, -0.2) is 33.1 Å². The molecular formula is C24H29N3O3S. The van der Waals surface area contributed by atoms with E-state index in [1.165, 1.54) is 12.8 Å². The lowest BCUT2D eigenvalue weighted by atomic mass is 9.99. The summed E-state index contributed by atoms with van der Waals surface area (Å²) in [4.78, 5) is 0. The number of nitrogens with zero attached hydrogens (tertiary/aromatic N) is 2. The van der Waals surface area contributed by atoms with Gasteiger partial charge in [0, 0.05) is 5.56 Å². The molecule has 0 amide bonds. The van der Waals surface area contributed by atoms with Gasteiger partial charge in [-0.15, -0.1) is 0 Å². The molecule has 0 saturated heterocycles. The van der Waals surface area contributed by atoms with Crippen molar-refractivity contribution in [2.75, 3.05) is 7.11 Å². The summed E-state index contributed by atoms with van der Waals surface area (Å²) >= 11 is 5.50. The number of H-pyrrole nitrogens is 1. The normalized spacial score (nSPS) is 14.3. The zero-order valence-electron chi connectivity index (χ0n) is 18.2. The minimum Gasteiger partial charge on any atom is -0.508 e. The van der Waals surface area contributed by atoms with E-state index in [4.69, 9.17) is 21.7 Å². The lowest BCUT2D eigenvalue weighted by Crippen LogP contribution is -2.12. The summed E-state index contributed by atoms with van der Waals surface area (Å²) in [7, 11) is 1.67. The maximum atomic E-state index is 10.2. The molecule has 0 radical (unpaired) electrons. The van der Waals surface area contributed by atoms with Gasteiger partial charge in [-0.3, -0.25) is 9.67 Å². The van der Waals surface area contributed by atoms with E-state index in [9.17, 15) is 5.11 Å². The first kappa shape index (κ1) is 21.4. The van der Waals surface area contributed by atoms with Gasteiger partial charge in [0.1, 0.15) is 5.75 Å². The van der Waals surface area contributed by atoms with E-state index >= 15 is 0 Å². The lowest BCUT2D eigenvalue weighted by molar-refractivity contribution is 0.200. The molecule has 1 aliphatic carbocycles. The third-order valence-corrected chi connectivity index (χ3v) is 6.14. The number of aromatic hydroxyl groups is 1. The molecule has 7 heteroatoms. The number of phenolic OH excluding ortho intramolecular Hbond substituents is 1. The number of rotatable bonds is 7. The number of hydrogen-bond donors (Lipinski definition) is 2. The molecule has 1 aliphatic rings. The number of aromatic nitrogens is 3. The van der Waals surface area contributed by atoms with Crippen molar-refractivity contribution in [2.24, 2.45) is 0 Å². The summed E-state index contributed by atoms with van der Waals surface area (Å²) in [6, 6.07) is 11.6. The Morgan fingerprint density at radius 2 is 1.94 bits per heavy atom. The van der Waals surface area contributed by atoms with E-state index in [0.717, 1.165) is 46.9 Å². The molecule has 0 aliphatic heterocycles. The topological polar surface area (TPSA) is 72.3 Å². The molecule has 0 unspecified atom stereocenters. The summed E-state index contributed by atoms with van der Waals surface area (Å²) in [5.41, 5.74) is 2.83. The largest absolute Gasteiger partial charge is 0.508 e. The molecule has 0 atom stereocenters. The molecule has 2 N–H and O–H groups in total. The minimum atomic E-state index is 0.201. The van der Waals surface area contributed by atoms with Crippen molar-refractivity contribution in [3.05, 3.63) is 52.3 Å². The monoisotopic (exact) mass is 439 g/mol. The number of aromatic amines is 1. The first-order chi connectivity index (χ1) is 15.0. The van der Waals surface area contributed by atoms with Gasteiger partial charge in [0.05, 0.1) is 19.8 Å². The predicted molar refractivity (Wildman–Crippen MR) is 124 cm³/mol. The molecule has 0 spiro atoms. The maximum absolute atomic E-state index is 10.2. The quantitative estimate of drug-likeness (QED) is 0.454. The van der Waals surface area contributed by atoms with Crippen molar-refractivity contribution in [3.63, 3.8) is 0 Å². The van der Waals surface area contributed by atoms with E-state index < -0.39 is 0 Å². The van der Waals surface area contributed by atoms with Gasteiger partial charge in [0.25, 0.3) is 0 Å². The standard InChI is InChI=1S/C24H29N3O3S/c1-15(2)19-13-17(9-10-20(19)28)23-25-26-24(31)27(23)14-16-8-11-21(22(12-16)29-3)30-18-6-4-5-7-18/h8-13,15,18,28H,4-7,14H2,1-3H3,(H,26,31). The highest BCUT2D eigenvalue weighted by molar-refractivity contribution is 7.71. The van der Waals surface area contributed by atoms with Gasteiger partial charge in [-0.2, -0.15) is 5.10 Å². The molecule has 1 aromatic heterocycles. The van der Waals surface area contributed by atoms with Crippen LogP contribution in [0.15, 0.2) is 36.4 Å². The van der Waals surface area contributed by atoms with Gasteiger partial charge in [0.2, 0.25) is 0 Å². The molecule has 6 nitrogen and oxygen atoms in total. The van der Waals surface area contributed by atoms with Crippen LogP contribution >= 0.6 is 12.2 Å². The molecule has 2 aromatic carbocycles. The number of methoxy groups -OCH3 is 1. The van der Waals surface area contributed by atoms with Crippen molar-refractivity contribution in [1.82, 2.24) is 14.8 Å². The van der Waals surface area contributed by atoms with Crippen molar-refractivity contribution < 1.29 is 14.6 Å². The van der Waals surface area contributed by atoms with E-state index in [0.29, 0.717) is 17.1 Å². The fourth-order valence-corrected chi connectivity index (χ4v) is 4.31. The van der Waals surface area contributed by atoms with Gasteiger partial charge < -0.3 is 14.6 Å². The zero-order chi connectivity index (χ0) is 22.0. The maximum Gasteiger partial charge on any atom is 0.195 e. The number of phenols is 1. The zero-order valence-corrected chi connectivity index (χ0v) is 19.0. The summed E-state index contributed by atoms with van der Waals surface area (Å²) in [6.07, 6.45) is 4.93. The van der Waals surface area contributed by atoms with Crippen LogP contribution < -0.4 is 9.47 Å². The van der Waals surface area contributed by atoms with Gasteiger partial charge in [-0.25, -0.2) is 0 Å². The van der Waals surface area contributed by atoms with E-state index in [2.05, 4.69) is 24.0 Å². The van der Waals surface area contributed by atoms with Crippen LogP contribution in [-0.2, 0) is 6.54 Å². The van der Waals surface area contributed by atoms with Gasteiger partial charge in [-0.05, 0) is 85.3 Å². The highest BCUT2D eigenvalue weighted by Gasteiger charge is 2.19. The second-order valence-corrected chi connectivity index (χ2v) is 8.76. The highest BCUT2D eigenvalue weighted by Crippen LogP contribution is 2.34. The summed E-state index contributed by atoms with van der Waals surface area (Å²) in [5.74, 6) is 2.74. The third kappa shape index (κ3) is 4.61. The molecule has 164 valence electrons. The molecule has 31 heavy (non-hydrogen) atoms. The van der Waals surface area contributed by atoms with Crippen LogP contribution in [0.25, 0.3) is 11.4 Å². The Morgan fingerprint density at radius 1 is 1.16 bits per heavy atom. The van der Waals surface area contributed by atoms with Crippen LogP contribution in [0.2, 0.25) is 0 Å². The van der Waals surface area contributed by atoms with Crippen LogP contribution in [0.1, 0.15) is 56.6 Å². The molecule has 1 fully saturated rings. The van der Waals surface area contributed by atoms with Crippen LogP contribution in [0.5, 0.6) is 17.2 Å². The number of hydrogen-bond acceptors (Lipinski definition) is 5. The fourth-order valence-electron chi connectivity index (χ4n) is 4.12. The third-order valence-electron chi connectivity index (χ3n) is 5.83. The smallest absolute Gasteiger partial charge is 0.195 e. The average molecular weight is 440 g/mol. The Labute approximate surface area is 187 Å². The van der Waals surface area contributed by atoms with Gasteiger partial charge >= 0.3 is 0 Å². The average Bonchev–Trinajstić information content (AvgIpc) is 3.39. The van der Waals surface area contributed by atoms with Gasteiger partial charge in [-0.1, -0.05) is 19.9 Å². The van der Waals surface area contributed by atoms with E-state index in [1.54, 1.807) is 13.2 Å². The number of benzene rings is 2. The molecule has 1 saturated carbocycles. The van der Waals surface area contributed by atoms with E-state index in [-0.39, 0.29) is 12.0 Å². The highest BCUT2D eigenvalue weighted by atomic mass is 32.1. The molecule has 4 rings (SSSR count). The van der Waals surface area contributed by atoms with Crippen LogP contribution in [0, 0.1) is 4.77 Å². The SMILES string of the molecule is COc1cc(Cn2c(-c3ccc(O)c(C(C)C)c3)n[nH]c2=S)ccc1OC1CCCC1. The van der Waals surface area contributed by atoms with Crippen molar-refractivity contribution in [2.45, 2.75) is 58.1 Å². The Balaban J connectivity index is 1.63. The summed E-state index contributed by atoms with van der Waals surface area (Å²) < 4.78 is 14.3. The van der Waals surface area contributed by atoms with Crippen molar-refractivity contribution in [3.8, 4) is 28.6 Å². The molecular weight excluding hydrogens is 410 g/mol. The first-order valence-electron chi connectivity index (χ1n) is 10.8. The molecule has 1 heterocycles. The minimum absolute atomic E-state index is 0.201. The Kier molecular flexibility index (Phi) is 6.32. The number of ether oxygens (including phenoxy) is 2. The first-order valence-corrected chi connectivity index (χ1v) is 11.2. The fraction of sp³-hybridized carbons (Fsp3) is 0.417. The lowest BCUT2D eigenvalue weighted by Gasteiger charge is -2.17. The van der Waals surface area contributed by atoms with Crippen LogP contribution in [0.4, 0.5) is 0 Å². The summed E-state index contributed by atoms with van der Waals surface area (Å²) in [6.45, 7) is 4.65.